The Hall–Kier alpha value is -3.01. The van der Waals surface area contributed by atoms with Gasteiger partial charge in [-0.05, 0) is 35.4 Å². The van der Waals surface area contributed by atoms with Gasteiger partial charge >= 0.3 is 0 Å². The van der Waals surface area contributed by atoms with E-state index < -0.39 is 21.7 Å². The first-order valence-corrected chi connectivity index (χ1v) is 11.8. The lowest BCUT2D eigenvalue weighted by Gasteiger charge is -2.26. The van der Waals surface area contributed by atoms with Gasteiger partial charge in [-0.2, -0.15) is 4.31 Å². The summed E-state index contributed by atoms with van der Waals surface area (Å²) in [5.41, 5.74) is 1.58. The Bertz CT molecular complexity index is 1200. The predicted molar refractivity (Wildman–Crippen MR) is 117 cm³/mol. The van der Waals surface area contributed by atoms with E-state index >= 15 is 0 Å². The number of nitrogens with one attached hydrogen (secondary N) is 1. The van der Waals surface area contributed by atoms with Crippen molar-refractivity contribution in [2.75, 3.05) is 26.3 Å². The highest BCUT2D eigenvalue weighted by Gasteiger charge is 2.25. The van der Waals surface area contributed by atoms with Crippen molar-refractivity contribution in [2.45, 2.75) is 12.3 Å². The maximum atomic E-state index is 13.9. The second-order valence-corrected chi connectivity index (χ2v) is 9.33. The smallest absolute Gasteiger partial charge is 0.287 e. The van der Waals surface area contributed by atoms with Crippen LogP contribution in [0.3, 0.4) is 0 Å². The fourth-order valence-electron chi connectivity index (χ4n) is 3.51. The zero-order valence-electron chi connectivity index (χ0n) is 17.3. The van der Waals surface area contributed by atoms with Gasteiger partial charge in [0.05, 0.1) is 24.5 Å². The minimum Gasteiger partial charge on any atom is -0.451 e. The summed E-state index contributed by atoms with van der Waals surface area (Å²) in [6.07, 6.45) is 0. The average Bonchev–Trinajstić information content (AvgIpc) is 3.29. The molecule has 1 saturated heterocycles. The fourth-order valence-corrected chi connectivity index (χ4v) is 5.07. The summed E-state index contributed by atoms with van der Waals surface area (Å²) in [4.78, 5) is 12.6. The fraction of sp³-hybridized carbons (Fsp3) is 0.261. The molecule has 0 saturated carbocycles. The van der Waals surface area contributed by atoms with Gasteiger partial charge in [0.15, 0.2) is 5.76 Å². The van der Waals surface area contributed by atoms with Crippen molar-refractivity contribution >= 4 is 15.9 Å². The van der Waals surface area contributed by atoms with Crippen LogP contribution in [0.2, 0.25) is 0 Å². The number of hydrogen-bond acceptors (Lipinski definition) is 5. The molecule has 0 aliphatic carbocycles. The van der Waals surface area contributed by atoms with Crippen LogP contribution in [0.15, 0.2) is 65.1 Å². The van der Waals surface area contributed by atoms with E-state index in [-0.39, 0.29) is 29.4 Å². The quantitative estimate of drug-likeness (QED) is 0.588. The molecular weight excluding hydrogens is 435 g/mol. The summed E-state index contributed by atoms with van der Waals surface area (Å²) >= 11 is 0. The number of ether oxygens (including phenoxy) is 1. The number of rotatable bonds is 7. The molecule has 1 aliphatic heterocycles. The molecule has 1 fully saturated rings. The summed E-state index contributed by atoms with van der Waals surface area (Å²) in [5.74, 6) is -0.772. The van der Waals surface area contributed by atoms with Crippen LogP contribution in [0.1, 0.15) is 21.7 Å². The van der Waals surface area contributed by atoms with Crippen molar-refractivity contribution in [2.24, 2.45) is 0 Å². The molecule has 0 bridgehead atoms. The minimum atomic E-state index is -3.49. The van der Waals surface area contributed by atoms with Gasteiger partial charge in [-0.25, -0.2) is 12.8 Å². The summed E-state index contributed by atoms with van der Waals surface area (Å²) in [5, 5.41) is 2.75. The first kappa shape index (κ1) is 22.2. The van der Waals surface area contributed by atoms with Crippen LogP contribution < -0.4 is 5.32 Å². The highest BCUT2D eigenvalue weighted by molar-refractivity contribution is 7.88. The van der Waals surface area contributed by atoms with Gasteiger partial charge in [0, 0.05) is 19.6 Å². The lowest BCUT2D eigenvalue weighted by Crippen LogP contribution is -2.41. The molecule has 0 radical (unpaired) electrons. The van der Waals surface area contributed by atoms with Gasteiger partial charge in [-0.3, -0.25) is 4.79 Å². The molecule has 1 aromatic heterocycles. The van der Waals surface area contributed by atoms with Gasteiger partial charge < -0.3 is 14.5 Å². The van der Waals surface area contributed by atoms with Crippen molar-refractivity contribution < 1.29 is 26.8 Å². The highest BCUT2D eigenvalue weighted by atomic mass is 32.2. The minimum absolute atomic E-state index is 0.0432. The number of carbonyl (C=O) groups is 1. The number of halogens is 1. The zero-order valence-corrected chi connectivity index (χ0v) is 18.1. The molecule has 3 aromatic rings. The molecule has 1 aliphatic rings. The van der Waals surface area contributed by atoms with Crippen molar-refractivity contribution in [3.05, 3.63) is 83.4 Å². The third-order valence-corrected chi connectivity index (χ3v) is 7.06. The number of hydrogen-bond donors (Lipinski definition) is 1. The van der Waals surface area contributed by atoms with Crippen molar-refractivity contribution in [3.8, 4) is 11.3 Å². The van der Waals surface area contributed by atoms with E-state index in [2.05, 4.69) is 5.32 Å². The van der Waals surface area contributed by atoms with Crippen LogP contribution in [0.4, 0.5) is 4.39 Å². The number of amides is 1. The van der Waals surface area contributed by atoms with E-state index in [4.69, 9.17) is 9.15 Å². The predicted octanol–water partition coefficient (Wildman–Crippen LogP) is 3.18. The van der Waals surface area contributed by atoms with Gasteiger partial charge in [0.25, 0.3) is 5.91 Å². The topological polar surface area (TPSA) is 88.9 Å². The number of benzene rings is 2. The Kier molecular flexibility index (Phi) is 6.69. The summed E-state index contributed by atoms with van der Waals surface area (Å²) in [6, 6.07) is 16.2. The number of sulfonamides is 1. The third-order valence-electron chi connectivity index (χ3n) is 5.23. The SMILES string of the molecule is O=C(NCc1ccccc1CS(=O)(=O)N1CCOCC1)c1ccc(-c2ccccc2F)o1. The Morgan fingerprint density at radius 3 is 2.41 bits per heavy atom. The molecule has 32 heavy (non-hydrogen) atoms. The molecule has 1 amide bonds. The van der Waals surface area contributed by atoms with E-state index in [9.17, 15) is 17.6 Å². The van der Waals surface area contributed by atoms with Crippen molar-refractivity contribution in [1.82, 2.24) is 9.62 Å². The summed E-state index contributed by atoms with van der Waals surface area (Å²) < 4.78 is 51.7. The Labute approximate surface area is 185 Å². The first-order chi connectivity index (χ1) is 15.4. The van der Waals surface area contributed by atoms with Gasteiger partial charge in [0.2, 0.25) is 10.0 Å². The third kappa shape index (κ3) is 5.07. The van der Waals surface area contributed by atoms with E-state index in [1.54, 1.807) is 42.5 Å². The van der Waals surface area contributed by atoms with Crippen LogP contribution >= 0.6 is 0 Å². The first-order valence-electron chi connectivity index (χ1n) is 10.2. The largest absolute Gasteiger partial charge is 0.451 e. The molecule has 7 nitrogen and oxygen atoms in total. The highest BCUT2D eigenvalue weighted by Crippen LogP contribution is 2.25. The second-order valence-electron chi connectivity index (χ2n) is 7.36. The number of morpholine rings is 1. The van der Waals surface area contributed by atoms with Gasteiger partial charge in [-0.15, -0.1) is 0 Å². The van der Waals surface area contributed by atoms with E-state index in [0.717, 1.165) is 0 Å². The molecule has 168 valence electrons. The van der Waals surface area contributed by atoms with Crippen LogP contribution in [-0.2, 0) is 27.1 Å². The summed E-state index contributed by atoms with van der Waals surface area (Å²) in [7, 11) is -3.49. The Morgan fingerprint density at radius 1 is 0.969 bits per heavy atom. The van der Waals surface area contributed by atoms with Crippen LogP contribution in [0, 0.1) is 5.82 Å². The molecule has 9 heteroatoms. The van der Waals surface area contributed by atoms with E-state index in [0.29, 0.717) is 37.4 Å². The lowest BCUT2D eigenvalue weighted by atomic mass is 10.1. The van der Waals surface area contributed by atoms with Crippen LogP contribution in [0.5, 0.6) is 0 Å². The molecule has 2 aromatic carbocycles. The Balaban J connectivity index is 1.43. The number of nitrogens with zero attached hydrogens (tertiary/aromatic N) is 1. The average molecular weight is 459 g/mol. The zero-order chi connectivity index (χ0) is 22.6. The standard InChI is InChI=1S/C23H23FN2O5S/c24-20-8-4-3-7-19(20)21-9-10-22(31-21)23(27)25-15-17-5-1-2-6-18(17)16-32(28,29)26-11-13-30-14-12-26/h1-10H,11-16H2,(H,25,27). The molecule has 0 spiro atoms. The normalized spacial score (nSPS) is 14.9. The monoisotopic (exact) mass is 458 g/mol. The van der Waals surface area contributed by atoms with Gasteiger partial charge in [-0.1, -0.05) is 36.4 Å². The van der Waals surface area contributed by atoms with Crippen molar-refractivity contribution in [1.29, 1.82) is 0 Å². The molecule has 0 unspecified atom stereocenters. The maximum absolute atomic E-state index is 13.9. The summed E-state index contributed by atoms with van der Waals surface area (Å²) in [6.45, 7) is 1.57. The Morgan fingerprint density at radius 2 is 1.66 bits per heavy atom. The van der Waals surface area contributed by atoms with Gasteiger partial charge in [0.1, 0.15) is 11.6 Å². The van der Waals surface area contributed by atoms with Crippen LogP contribution in [-0.4, -0.2) is 44.9 Å². The lowest BCUT2D eigenvalue weighted by molar-refractivity contribution is 0.0729. The van der Waals surface area contributed by atoms with E-state index in [1.165, 1.54) is 22.5 Å². The van der Waals surface area contributed by atoms with Crippen molar-refractivity contribution in [3.63, 3.8) is 0 Å². The van der Waals surface area contributed by atoms with Crippen LogP contribution in [0.25, 0.3) is 11.3 Å². The number of carbonyl (C=O) groups excluding carboxylic acids is 1. The molecule has 2 heterocycles. The maximum Gasteiger partial charge on any atom is 0.287 e. The molecule has 0 atom stereocenters. The number of furan rings is 1. The molecule has 4 rings (SSSR count). The molecular formula is C23H23FN2O5S. The molecule has 1 N–H and O–H groups in total. The second kappa shape index (κ2) is 9.64. The van der Waals surface area contributed by atoms with E-state index in [1.807, 2.05) is 0 Å².